The van der Waals surface area contributed by atoms with Gasteiger partial charge in [0.05, 0.1) is 5.56 Å². The van der Waals surface area contributed by atoms with Gasteiger partial charge in [0.15, 0.2) is 5.78 Å². The first kappa shape index (κ1) is 12.4. The third-order valence-electron chi connectivity index (χ3n) is 2.77. The molecule has 94 valence electrons. The molecule has 0 unspecified atom stereocenters. The zero-order valence-corrected chi connectivity index (χ0v) is 10.6. The Balaban J connectivity index is 2.13. The van der Waals surface area contributed by atoms with Gasteiger partial charge >= 0.3 is 0 Å². The van der Waals surface area contributed by atoms with Crippen LogP contribution in [0.5, 0.6) is 5.75 Å². The van der Waals surface area contributed by atoms with E-state index >= 15 is 0 Å². The number of nitrogens with zero attached hydrogens (tertiary/aromatic N) is 2. The second kappa shape index (κ2) is 5.49. The molecule has 0 radical (unpaired) electrons. The van der Waals surface area contributed by atoms with Crippen molar-refractivity contribution in [2.45, 2.75) is 27.0 Å². The molecule has 1 heterocycles. The van der Waals surface area contributed by atoms with Crippen molar-refractivity contribution in [3.8, 4) is 5.75 Å². The standard InChI is InChI=1S/C14H16N2O2/c1-3-16-9-8-15-14(16)10-18-13-7-5-4-6-12(13)11(2)17/h4-9H,3,10H2,1-2H3. The summed E-state index contributed by atoms with van der Waals surface area (Å²) in [6.45, 7) is 4.81. The maximum atomic E-state index is 11.4. The fourth-order valence-electron chi connectivity index (χ4n) is 1.79. The predicted molar refractivity (Wildman–Crippen MR) is 68.7 cm³/mol. The SMILES string of the molecule is CCn1ccnc1COc1ccccc1C(C)=O. The Morgan fingerprint density at radius 3 is 2.89 bits per heavy atom. The maximum absolute atomic E-state index is 11.4. The van der Waals surface area contributed by atoms with Crippen LogP contribution < -0.4 is 4.74 Å². The van der Waals surface area contributed by atoms with Gasteiger partial charge in [0.25, 0.3) is 0 Å². The summed E-state index contributed by atoms with van der Waals surface area (Å²) in [4.78, 5) is 15.7. The Labute approximate surface area is 106 Å². The number of ketones is 1. The molecule has 0 aliphatic carbocycles. The zero-order chi connectivity index (χ0) is 13.0. The molecule has 1 aromatic heterocycles. The summed E-state index contributed by atoms with van der Waals surface area (Å²) in [6.07, 6.45) is 3.66. The van der Waals surface area contributed by atoms with Crippen molar-refractivity contribution in [1.82, 2.24) is 9.55 Å². The van der Waals surface area contributed by atoms with E-state index in [9.17, 15) is 4.79 Å². The number of hydrogen-bond acceptors (Lipinski definition) is 3. The Morgan fingerprint density at radius 2 is 2.17 bits per heavy atom. The summed E-state index contributed by atoms with van der Waals surface area (Å²) >= 11 is 0. The van der Waals surface area contributed by atoms with Crippen LogP contribution in [-0.2, 0) is 13.2 Å². The summed E-state index contributed by atoms with van der Waals surface area (Å²) in [5.41, 5.74) is 0.604. The monoisotopic (exact) mass is 244 g/mol. The van der Waals surface area contributed by atoms with Crippen molar-refractivity contribution >= 4 is 5.78 Å². The number of aryl methyl sites for hydroxylation is 1. The molecule has 18 heavy (non-hydrogen) atoms. The lowest BCUT2D eigenvalue weighted by Gasteiger charge is -2.10. The number of ether oxygens (including phenoxy) is 1. The van der Waals surface area contributed by atoms with E-state index < -0.39 is 0 Å². The van der Waals surface area contributed by atoms with Crippen LogP contribution in [0.25, 0.3) is 0 Å². The molecule has 0 saturated carbocycles. The first-order valence-corrected chi connectivity index (χ1v) is 5.95. The molecule has 0 spiro atoms. The highest BCUT2D eigenvalue weighted by molar-refractivity contribution is 5.96. The minimum atomic E-state index is 0.00410. The van der Waals surface area contributed by atoms with Crippen LogP contribution >= 0.6 is 0 Å². The van der Waals surface area contributed by atoms with Gasteiger partial charge < -0.3 is 9.30 Å². The van der Waals surface area contributed by atoms with E-state index in [4.69, 9.17) is 4.74 Å². The van der Waals surface area contributed by atoms with Gasteiger partial charge in [-0.1, -0.05) is 12.1 Å². The van der Waals surface area contributed by atoms with Gasteiger partial charge in [-0.2, -0.15) is 0 Å². The molecule has 4 heteroatoms. The Hall–Kier alpha value is -2.10. The number of aromatic nitrogens is 2. The van der Waals surface area contributed by atoms with Gasteiger partial charge in [-0.05, 0) is 26.0 Å². The normalized spacial score (nSPS) is 10.3. The largest absolute Gasteiger partial charge is 0.485 e. The molecule has 2 aromatic rings. The fraction of sp³-hybridized carbons (Fsp3) is 0.286. The zero-order valence-electron chi connectivity index (χ0n) is 10.6. The summed E-state index contributed by atoms with van der Waals surface area (Å²) in [7, 11) is 0. The van der Waals surface area contributed by atoms with Gasteiger partial charge in [-0.15, -0.1) is 0 Å². The van der Waals surface area contributed by atoms with Gasteiger partial charge in [0.1, 0.15) is 18.2 Å². The average molecular weight is 244 g/mol. The van der Waals surface area contributed by atoms with E-state index in [1.54, 1.807) is 18.3 Å². The number of carbonyl (C=O) groups excluding carboxylic acids is 1. The van der Waals surface area contributed by atoms with E-state index in [2.05, 4.69) is 11.9 Å². The molecule has 0 atom stereocenters. The molecule has 4 nitrogen and oxygen atoms in total. The van der Waals surface area contributed by atoms with Gasteiger partial charge in [0.2, 0.25) is 0 Å². The van der Waals surface area contributed by atoms with E-state index in [-0.39, 0.29) is 5.78 Å². The summed E-state index contributed by atoms with van der Waals surface area (Å²) in [5.74, 6) is 1.47. The van der Waals surface area contributed by atoms with Crippen LogP contribution in [0.15, 0.2) is 36.7 Å². The van der Waals surface area contributed by atoms with Crippen molar-refractivity contribution in [1.29, 1.82) is 0 Å². The topological polar surface area (TPSA) is 44.1 Å². The molecule has 0 saturated heterocycles. The smallest absolute Gasteiger partial charge is 0.163 e. The van der Waals surface area contributed by atoms with Crippen molar-refractivity contribution < 1.29 is 9.53 Å². The lowest BCUT2D eigenvalue weighted by atomic mass is 10.1. The number of carbonyl (C=O) groups is 1. The van der Waals surface area contributed by atoms with Crippen LogP contribution in [-0.4, -0.2) is 15.3 Å². The van der Waals surface area contributed by atoms with Crippen LogP contribution in [0.1, 0.15) is 30.0 Å². The van der Waals surface area contributed by atoms with E-state index in [0.717, 1.165) is 12.4 Å². The van der Waals surface area contributed by atoms with Crippen LogP contribution in [0.3, 0.4) is 0 Å². The first-order valence-electron chi connectivity index (χ1n) is 5.95. The Bertz CT molecular complexity index is 546. The minimum absolute atomic E-state index is 0.00410. The molecular weight excluding hydrogens is 228 g/mol. The fourth-order valence-corrected chi connectivity index (χ4v) is 1.79. The molecular formula is C14H16N2O2. The third kappa shape index (κ3) is 2.59. The second-order valence-electron chi connectivity index (χ2n) is 3.97. The van der Waals surface area contributed by atoms with Crippen molar-refractivity contribution in [2.24, 2.45) is 0 Å². The second-order valence-corrected chi connectivity index (χ2v) is 3.97. The van der Waals surface area contributed by atoms with E-state index in [1.807, 2.05) is 22.9 Å². The average Bonchev–Trinajstić information content (AvgIpc) is 2.84. The Kier molecular flexibility index (Phi) is 3.77. The van der Waals surface area contributed by atoms with E-state index in [0.29, 0.717) is 17.9 Å². The molecule has 0 bridgehead atoms. The Morgan fingerprint density at radius 1 is 1.39 bits per heavy atom. The highest BCUT2D eigenvalue weighted by atomic mass is 16.5. The van der Waals surface area contributed by atoms with Crippen LogP contribution in [0, 0.1) is 0 Å². The van der Waals surface area contributed by atoms with Crippen molar-refractivity contribution in [2.75, 3.05) is 0 Å². The number of rotatable bonds is 5. The van der Waals surface area contributed by atoms with Gasteiger partial charge in [-0.3, -0.25) is 4.79 Å². The quantitative estimate of drug-likeness (QED) is 0.759. The number of para-hydroxylation sites is 1. The van der Waals surface area contributed by atoms with Crippen LogP contribution in [0.4, 0.5) is 0 Å². The molecule has 0 aliphatic heterocycles. The number of imidazole rings is 1. The third-order valence-corrected chi connectivity index (χ3v) is 2.77. The van der Waals surface area contributed by atoms with Gasteiger partial charge in [0, 0.05) is 18.9 Å². The lowest BCUT2D eigenvalue weighted by molar-refractivity contribution is 0.101. The van der Waals surface area contributed by atoms with Crippen molar-refractivity contribution in [3.63, 3.8) is 0 Å². The molecule has 0 amide bonds. The van der Waals surface area contributed by atoms with Crippen molar-refractivity contribution in [3.05, 3.63) is 48.0 Å². The summed E-state index contributed by atoms with van der Waals surface area (Å²) in [5, 5.41) is 0. The van der Waals surface area contributed by atoms with E-state index in [1.165, 1.54) is 6.92 Å². The first-order chi connectivity index (χ1) is 8.72. The predicted octanol–water partition coefficient (Wildman–Crippen LogP) is 2.68. The van der Waals surface area contributed by atoms with Gasteiger partial charge in [-0.25, -0.2) is 4.98 Å². The number of benzene rings is 1. The number of hydrogen-bond donors (Lipinski definition) is 0. The molecule has 2 rings (SSSR count). The molecule has 0 fully saturated rings. The summed E-state index contributed by atoms with van der Waals surface area (Å²) in [6, 6.07) is 7.25. The molecule has 1 aromatic carbocycles. The molecule has 0 N–H and O–H groups in total. The minimum Gasteiger partial charge on any atom is -0.485 e. The lowest BCUT2D eigenvalue weighted by Crippen LogP contribution is -2.07. The maximum Gasteiger partial charge on any atom is 0.163 e. The highest BCUT2D eigenvalue weighted by Gasteiger charge is 2.08. The number of Topliss-reactive ketones (excluding diaryl/α,β-unsaturated/α-hetero) is 1. The summed E-state index contributed by atoms with van der Waals surface area (Å²) < 4.78 is 7.69. The van der Waals surface area contributed by atoms with Crippen LogP contribution in [0.2, 0.25) is 0 Å². The highest BCUT2D eigenvalue weighted by Crippen LogP contribution is 2.19. The molecule has 0 aliphatic rings.